The van der Waals surface area contributed by atoms with Crippen LogP contribution in [0.4, 0.5) is 0 Å². The van der Waals surface area contributed by atoms with E-state index in [4.69, 9.17) is 0 Å². The van der Waals surface area contributed by atoms with Crippen LogP contribution in [0.15, 0.2) is 76.5 Å². The van der Waals surface area contributed by atoms with E-state index in [-0.39, 0.29) is 17.3 Å². The number of nitrogens with one attached hydrogen (secondary N) is 1. The third-order valence-corrected chi connectivity index (χ3v) is 7.05. The van der Waals surface area contributed by atoms with E-state index in [0.29, 0.717) is 6.54 Å². The fourth-order valence-corrected chi connectivity index (χ4v) is 4.45. The molecule has 7 heteroatoms. The number of thioether (sulfide) groups is 1. The first-order valence-electron chi connectivity index (χ1n) is 8.75. The van der Waals surface area contributed by atoms with Crippen LogP contribution in [0.25, 0.3) is 10.8 Å². The molecule has 0 aromatic heterocycles. The Morgan fingerprint density at radius 3 is 2.39 bits per heavy atom. The van der Waals surface area contributed by atoms with Crippen LogP contribution in [0.5, 0.6) is 0 Å². The molecule has 0 spiro atoms. The van der Waals surface area contributed by atoms with Gasteiger partial charge < -0.3 is 5.32 Å². The van der Waals surface area contributed by atoms with Gasteiger partial charge in [-0.25, -0.2) is 8.42 Å². The molecule has 3 aromatic rings. The fraction of sp³-hybridized carbons (Fsp3) is 0.190. The van der Waals surface area contributed by atoms with Gasteiger partial charge >= 0.3 is 0 Å². The molecular weight excluding hydrogens is 392 g/mol. The van der Waals surface area contributed by atoms with Crippen LogP contribution in [0.1, 0.15) is 5.56 Å². The summed E-state index contributed by atoms with van der Waals surface area (Å²) in [7, 11) is -2.30. The molecule has 0 radical (unpaired) electrons. The molecule has 0 heterocycles. The maximum Gasteiger partial charge on any atom is 0.243 e. The van der Waals surface area contributed by atoms with E-state index in [1.54, 1.807) is 24.3 Å². The highest BCUT2D eigenvalue weighted by Gasteiger charge is 2.22. The van der Waals surface area contributed by atoms with Crippen LogP contribution >= 0.6 is 11.8 Å². The van der Waals surface area contributed by atoms with E-state index in [1.165, 1.54) is 18.8 Å². The van der Waals surface area contributed by atoms with Gasteiger partial charge in [-0.1, -0.05) is 42.5 Å². The summed E-state index contributed by atoms with van der Waals surface area (Å²) >= 11 is 1.54. The predicted molar refractivity (Wildman–Crippen MR) is 114 cm³/mol. The predicted octanol–water partition coefficient (Wildman–Crippen LogP) is 3.50. The Kier molecular flexibility index (Phi) is 6.39. The van der Waals surface area contributed by atoms with Crippen LogP contribution in [0.3, 0.4) is 0 Å². The van der Waals surface area contributed by atoms with Gasteiger partial charge in [0.25, 0.3) is 0 Å². The van der Waals surface area contributed by atoms with Crippen molar-refractivity contribution in [3.05, 3.63) is 72.3 Å². The number of hydrogen-bond donors (Lipinski definition) is 1. The summed E-state index contributed by atoms with van der Waals surface area (Å²) in [6.07, 6.45) is 1.93. The van der Waals surface area contributed by atoms with Crippen molar-refractivity contribution < 1.29 is 13.2 Å². The van der Waals surface area contributed by atoms with Crippen LogP contribution in [0, 0.1) is 0 Å². The summed E-state index contributed by atoms with van der Waals surface area (Å²) in [5, 5.41) is 4.98. The van der Waals surface area contributed by atoms with Gasteiger partial charge in [0.2, 0.25) is 15.9 Å². The van der Waals surface area contributed by atoms with E-state index in [1.807, 2.05) is 48.7 Å². The number of carbonyl (C=O) groups is 1. The first-order chi connectivity index (χ1) is 13.4. The number of hydrogen-bond acceptors (Lipinski definition) is 4. The third kappa shape index (κ3) is 4.55. The standard InChI is InChI=1S/C21H22N2O3S2/c1-23(28(25,26)19-12-10-18(27-2)11-13-19)15-21(24)22-14-17-8-5-7-16-6-3-4-9-20(16)17/h3-13H,14-15H2,1-2H3,(H,22,24). The lowest BCUT2D eigenvalue weighted by Crippen LogP contribution is -2.38. The summed E-state index contributed by atoms with van der Waals surface area (Å²) in [6.45, 7) is 0.105. The van der Waals surface area contributed by atoms with Crippen molar-refractivity contribution >= 4 is 38.5 Å². The first kappa shape index (κ1) is 20.4. The molecule has 0 saturated carbocycles. The minimum absolute atomic E-state index is 0.176. The highest BCUT2D eigenvalue weighted by Crippen LogP contribution is 2.20. The molecule has 0 bridgehead atoms. The van der Waals surface area contributed by atoms with Crippen molar-refractivity contribution in [3.8, 4) is 0 Å². The Morgan fingerprint density at radius 1 is 1.00 bits per heavy atom. The van der Waals surface area contributed by atoms with Gasteiger partial charge in [-0.05, 0) is 46.9 Å². The molecule has 28 heavy (non-hydrogen) atoms. The van der Waals surface area contributed by atoms with Crippen molar-refractivity contribution in [1.82, 2.24) is 9.62 Å². The minimum atomic E-state index is -3.71. The molecule has 5 nitrogen and oxygen atoms in total. The first-order valence-corrected chi connectivity index (χ1v) is 11.4. The number of likely N-dealkylation sites (N-methyl/N-ethyl adjacent to an activating group) is 1. The molecule has 0 fully saturated rings. The Balaban J connectivity index is 1.65. The molecule has 1 amide bonds. The van der Waals surface area contributed by atoms with Gasteiger partial charge in [0.1, 0.15) is 0 Å². The van der Waals surface area contributed by atoms with Crippen molar-refractivity contribution in [2.24, 2.45) is 0 Å². The molecule has 0 unspecified atom stereocenters. The lowest BCUT2D eigenvalue weighted by Gasteiger charge is -2.17. The molecule has 1 N–H and O–H groups in total. The van der Waals surface area contributed by atoms with E-state index in [2.05, 4.69) is 5.32 Å². The molecule has 3 aromatic carbocycles. The molecule has 0 saturated heterocycles. The number of sulfonamides is 1. The molecule has 0 aliphatic heterocycles. The molecule has 146 valence electrons. The maximum atomic E-state index is 12.7. The van der Waals surface area contributed by atoms with Crippen molar-refractivity contribution in [1.29, 1.82) is 0 Å². The van der Waals surface area contributed by atoms with Crippen LogP contribution in [0.2, 0.25) is 0 Å². The zero-order chi connectivity index (χ0) is 20.1. The number of benzene rings is 3. The number of rotatable bonds is 7. The maximum absolute atomic E-state index is 12.7. The molecule has 3 rings (SSSR count). The number of fused-ring (bicyclic) bond motifs is 1. The Hall–Kier alpha value is -2.35. The highest BCUT2D eigenvalue weighted by atomic mass is 32.2. The minimum Gasteiger partial charge on any atom is -0.351 e. The number of amides is 1. The Labute approximate surface area is 169 Å². The molecule has 0 aliphatic carbocycles. The fourth-order valence-electron chi connectivity index (χ4n) is 2.91. The van der Waals surface area contributed by atoms with Gasteiger partial charge in [-0.2, -0.15) is 4.31 Å². The van der Waals surface area contributed by atoms with E-state index in [0.717, 1.165) is 25.5 Å². The summed E-state index contributed by atoms with van der Waals surface area (Å²) < 4.78 is 26.4. The van der Waals surface area contributed by atoms with Gasteiger partial charge in [-0.15, -0.1) is 11.8 Å². The third-order valence-electron chi connectivity index (χ3n) is 4.49. The van der Waals surface area contributed by atoms with Crippen molar-refractivity contribution in [3.63, 3.8) is 0 Å². The molecule has 0 aliphatic rings. The number of nitrogens with zero attached hydrogens (tertiary/aromatic N) is 1. The van der Waals surface area contributed by atoms with E-state index < -0.39 is 10.0 Å². The van der Waals surface area contributed by atoms with Crippen molar-refractivity contribution in [2.75, 3.05) is 19.8 Å². The average molecular weight is 415 g/mol. The largest absolute Gasteiger partial charge is 0.351 e. The zero-order valence-electron chi connectivity index (χ0n) is 15.8. The highest BCUT2D eigenvalue weighted by molar-refractivity contribution is 7.98. The van der Waals surface area contributed by atoms with Gasteiger partial charge in [-0.3, -0.25) is 4.79 Å². The summed E-state index contributed by atoms with van der Waals surface area (Å²) in [4.78, 5) is 13.5. The quantitative estimate of drug-likeness (QED) is 0.601. The van der Waals surface area contributed by atoms with Gasteiger partial charge in [0, 0.05) is 18.5 Å². The van der Waals surface area contributed by atoms with Crippen LogP contribution < -0.4 is 5.32 Å². The second kappa shape index (κ2) is 8.77. The Morgan fingerprint density at radius 2 is 1.68 bits per heavy atom. The Bertz CT molecular complexity index is 1080. The van der Waals surface area contributed by atoms with E-state index in [9.17, 15) is 13.2 Å². The topological polar surface area (TPSA) is 66.5 Å². The van der Waals surface area contributed by atoms with E-state index >= 15 is 0 Å². The average Bonchev–Trinajstić information content (AvgIpc) is 2.72. The second-order valence-electron chi connectivity index (χ2n) is 6.35. The lowest BCUT2D eigenvalue weighted by atomic mass is 10.0. The number of carbonyl (C=O) groups excluding carboxylic acids is 1. The molecular formula is C21H22N2O3S2. The van der Waals surface area contributed by atoms with Crippen LogP contribution in [-0.2, 0) is 21.4 Å². The summed E-state index contributed by atoms with van der Waals surface area (Å²) in [5.41, 5.74) is 0.990. The summed E-state index contributed by atoms with van der Waals surface area (Å²) in [6, 6.07) is 20.5. The smallest absolute Gasteiger partial charge is 0.243 e. The zero-order valence-corrected chi connectivity index (χ0v) is 17.4. The SMILES string of the molecule is CSc1ccc(S(=O)(=O)N(C)CC(=O)NCc2cccc3ccccc23)cc1. The van der Waals surface area contributed by atoms with Crippen molar-refractivity contribution in [2.45, 2.75) is 16.3 Å². The van der Waals surface area contributed by atoms with Gasteiger partial charge in [0.15, 0.2) is 0 Å². The normalized spacial score (nSPS) is 11.7. The lowest BCUT2D eigenvalue weighted by molar-refractivity contribution is -0.121. The second-order valence-corrected chi connectivity index (χ2v) is 9.28. The molecule has 0 atom stereocenters. The monoisotopic (exact) mass is 414 g/mol. The van der Waals surface area contributed by atoms with Crippen LogP contribution in [-0.4, -0.2) is 38.5 Å². The summed E-state index contributed by atoms with van der Waals surface area (Å²) in [5.74, 6) is -0.347. The van der Waals surface area contributed by atoms with Gasteiger partial charge in [0.05, 0.1) is 11.4 Å².